The van der Waals surface area contributed by atoms with Crippen molar-refractivity contribution in [1.29, 1.82) is 0 Å². The van der Waals surface area contributed by atoms with Crippen LogP contribution in [0.15, 0.2) is 59.0 Å². The molecule has 0 atom stereocenters. The first-order valence-electron chi connectivity index (χ1n) is 8.64. The molecule has 0 aliphatic rings. The Balaban J connectivity index is 1.35. The van der Waals surface area contributed by atoms with Gasteiger partial charge in [-0.1, -0.05) is 18.2 Å². The van der Waals surface area contributed by atoms with Gasteiger partial charge in [-0.05, 0) is 55.0 Å². The lowest BCUT2D eigenvalue weighted by Gasteiger charge is -2.05. The summed E-state index contributed by atoms with van der Waals surface area (Å²) in [5, 5.41) is 17.0. The van der Waals surface area contributed by atoms with Gasteiger partial charge in [-0.25, -0.2) is 4.79 Å². The number of aromatic nitrogens is 2. The lowest BCUT2D eigenvalue weighted by atomic mass is 10.1. The summed E-state index contributed by atoms with van der Waals surface area (Å²) >= 11 is 1.74. The van der Waals surface area contributed by atoms with Gasteiger partial charge in [-0.15, -0.1) is 10.2 Å². The molecule has 2 aromatic carbocycles. The average molecular weight is 384 g/mol. The highest BCUT2D eigenvalue weighted by atomic mass is 32.2. The summed E-state index contributed by atoms with van der Waals surface area (Å²) in [4.78, 5) is 10.9. The molecule has 1 heterocycles. The van der Waals surface area contributed by atoms with Gasteiger partial charge in [-0.2, -0.15) is 11.8 Å². The van der Waals surface area contributed by atoms with Crippen molar-refractivity contribution in [3.05, 3.63) is 66.1 Å². The van der Waals surface area contributed by atoms with E-state index in [4.69, 9.17) is 14.3 Å². The van der Waals surface area contributed by atoms with E-state index in [0.29, 0.717) is 29.7 Å². The molecule has 6 nitrogen and oxygen atoms in total. The molecule has 27 heavy (non-hydrogen) atoms. The minimum atomic E-state index is -0.960. The predicted molar refractivity (Wildman–Crippen MR) is 104 cm³/mol. The van der Waals surface area contributed by atoms with Crippen molar-refractivity contribution in [2.75, 3.05) is 12.4 Å². The first-order chi connectivity index (χ1) is 13.2. The highest BCUT2D eigenvalue weighted by Crippen LogP contribution is 2.21. The molecule has 3 aromatic rings. The fourth-order valence-electron chi connectivity index (χ4n) is 2.36. The molecule has 7 heteroatoms. The maximum Gasteiger partial charge on any atom is 0.335 e. The monoisotopic (exact) mass is 384 g/mol. The third-order valence-electron chi connectivity index (χ3n) is 3.77. The van der Waals surface area contributed by atoms with Crippen LogP contribution in [0.25, 0.3) is 11.5 Å². The first-order valence-corrected chi connectivity index (χ1v) is 9.79. The van der Waals surface area contributed by atoms with Crippen molar-refractivity contribution in [3.8, 4) is 17.2 Å². The smallest absolute Gasteiger partial charge is 0.335 e. The van der Waals surface area contributed by atoms with Gasteiger partial charge in [0.2, 0.25) is 11.8 Å². The number of hydrogen-bond acceptors (Lipinski definition) is 6. The van der Waals surface area contributed by atoms with Crippen LogP contribution >= 0.6 is 11.8 Å². The number of unbranched alkanes of at least 4 members (excludes halogenated alkanes) is 1. The second kappa shape index (κ2) is 9.78. The zero-order valence-electron chi connectivity index (χ0n) is 14.7. The Morgan fingerprint density at radius 2 is 1.81 bits per heavy atom. The molecule has 0 saturated carbocycles. The molecule has 0 spiro atoms. The molecule has 1 N–H and O–H groups in total. The Bertz CT molecular complexity index is 850. The van der Waals surface area contributed by atoms with E-state index in [9.17, 15) is 4.79 Å². The highest BCUT2D eigenvalue weighted by Gasteiger charge is 2.10. The Labute approximate surface area is 161 Å². The third kappa shape index (κ3) is 5.86. The number of nitrogens with zero attached hydrogens (tertiary/aromatic N) is 2. The number of rotatable bonds is 10. The van der Waals surface area contributed by atoms with Crippen LogP contribution in [-0.2, 0) is 5.75 Å². The van der Waals surface area contributed by atoms with Gasteiger partial charge in [0.05, 0.1) is 17.9 Å². The number of hydrogen-bond donors (Lipinski definition) is 1. The van der Waals surface area contributed by atoms with E-state index in [-0.39, 0.29) is 5.56 Å². The SMILES string of the molecule is O=C(O)c1ccc(-c2nnc(CSCCCCOc3ccccc3)o2)cc1. The van der Waals surface area contributed by atoms with Crippen LogP contribution in [0, 0.1) is 0 Å². The van der Waals surface area contributed by atoms with Crippen LogP contribution in [0.5, 0.6) is 5.75 Å². The number of benzene rings is 2. The fourth-order valence-corrected chi connectivity index (χ4v) is 3.20. The summed E-state index contributed by atoms with van der Waals surface area (Å²) in [5.41, 5.74) is 0.937. The van der Waals surface area contributed by atoms with E-state index in [1.165, 1.54) is 12.1 Å². The van der Waals surface area contributed by atoms with Crippen LogP contribution in [-0.4, -0.2) is 33.6 Å². The summed E-state index contributed by atoms with van der Waals surface area (Å²) in [6, 6.07) is 16.2. The van der Waals surface area contributed by atoms with Gasteiger partial charge in [-0.3, -0.25) is 0 Å². The second-order valence-corrected chi connectivity index (χ2v) is 6.91. The standard InChI is InChI=1S/C20H20N2O4S/c23-20(24)16-10-8-15(9-11-16)19-22-21-18(26-19)14-27-13-5-4-12-25-17-6-2-1-3-7-17/h1-3,6-11H,4-5,12-14H2,(H,23,24). The number of para-hydroxylation sites is 1. The molecule has 0 unspecified atom stereocenters. The predicted octanol–water partition coefficient (Wildman–Crippen LogP) is 4.53. The van der Waals surface area contributed by atoms with Crippen molar-refractivity contribution >= 4 is 17.7 Å². The average Bonchev–Trinajstić information content (AvgIpc) is 3.17. The van der Waals surface area contributed by atoms with Crippen molar-refractivity contribution in [1.82, 2.24) is 10.2 Å². The number of thioether (sulfide) groups is 1. The van der Waals surface area contributed by atoms with Crippen LogP contribution in [0.4, 0.5) is 0 Å². The highest BCUT2D eigenvalue weighted by molar-refractivity contribution is 7.98. The van der Waals surface area contributed by atoms with Crippen LogP contribution in [0.3, 0.4) is 0 Å². The Morgan fingerprint density at radius 1 is 1.04 bits per heavy atom. The Kier molecular flexibility index (Phi) is 6.87. The molecular formula is C20H20N2O4S. The van der Waals surface area contributed by atoms with E-state index in [1.807, 2.05) is 30.3 Å². The molecule has 0 aliphatic heterocycles. The summed E-state index contributed by atoms with van der Waals surface area (Å²) in [5.74, 6) is 2.55. The summed E-state index contributed by atoms with van der Waals surface area (Å²) in [6.07, 6.45) is 2.04. The molecule has 0 aliphatic carbocycles. The van der Waals surface area contributed by atoms with Crippen molar-refractivity contribution in [3.63, 3.8) is 0 Å². The second-order valence-electron chi connectivity index (χ2n) is 5.80. The molecule has 0 radical (unpaired) electrons. The van der Waals surface area contributed by atoms with E-state index < -0.39 is 5.97 Å². The molecule has 0 amide bonds. The lowest BCUT2D eigenvalue weighted by molar-refractivity contribution is 0.0697. The summed E-state index contributed by atoms with van der Waals surface area (Å²) in [7, 11) is 0. The quantitative estimate of drug-likeness (QED) is 0.514. The molecule has 3 rings (SSSR count). The van der Waals surface area contributed by atoms with Gasteiger partial charge in [0.25, 0.3) is 0 Å². The molecule has 0 bridgehead atoms. The van der Waals surface area contributed by atoms with Gasteiger partial charge < -0.3 is 14.3 Å². The van der Waals surface area contributed by atoms with E-state index in [1.54, 1.807) is 23.9 Å². The topological polar surface area (TPSA) is 85.5 Å². The van der Waals surface area contributed by atoms with Crippen LogP contribution < -0.4 is 4.74 Å². The van der Waals surface area contributed by atoms with Crippen molar-refractivity contribution in [2.24, 2.45) is 0 Å². The van der Waals surface area contributed by atoms with Crippen molar-refractivity contribution < 1.29 is 19.1 Å². The minimum absolute atomic E-state index is 0.227. The van der Waals surface area contributed by atoms with Crippen molar-refractivity contribution in [2.45, 2.75) is 18.6 Å². The molecule has 0 fully saturated rings. The van der Waals surface area contributed by atoms with Crippen LogP contribution in [0.2, 0.25) is 0 Å². The maximum atomic E-state index is 10.9. The number of ether oxygens (including phenoxy) is 1. The first kappa shape index (κ1) is 19.0. The van der Waals surface area contributed by atoms with E-state index in [2.05, 4.69) is 10.2 Å². The Hall–Kier alpha value is -2.80. The number of carbonyl (C=O) groups is 1. The maximum absolute atomic E-state index is 10.9. The van der Waals surface area contributed by atoms with Gasteiger partial charge >= 0.3 is 5.97 Å². The molecule has 140 valence electrons. The van der Waals surface area contributed by atoms with E-state index >= 15 is 0 Å². The van der Waals surface area contributed by atoms with Gasteiger partial charge in [0, 0.05) is 5.56 Å². The molecular weight excluding hydrogens is 364 g/mol. The number of carboxylic acids is 1. The minimum Gasteiger partial charge on any atom is -0.494 e. The van der Waals surface area contributed by atoms with Gasteiger partial charge in [0.15, 0.2) is 0 Å². The summed E-state index contributed by atoms with van der Waals surface area (Å²) < 4.78 is 11.3. The van der Waals surface area contributed by atoms with Gasteiger partial charge in [0.1, 0.15) is 5.75 Å². The molecule has 1 aromatic heterocycles. The summed E-state index contributed by atoms with van der Waals surface area (Å²) in [6.45, 7) is 0.710. The zero-order valence-corrected chi connectivity index (χ0v) is 15.5. The largest absolute Gasteiger partial charge is 0.494 e. The lowest BCUT2D eigenvalue weighted by Crippen LogP contribution is -1.97. The normalized spacial score (nSPS) is 10.7. The zero-order chi connectivity index (χ0) is 18.9. The van der Waals surface area contributed by atoms with E-state index in [0.717, 1.165) is 24.3 Å². The Morgan fingerprint density at radius 3 is 2.56 bits per heavy atom. The number of aromatic carboxylic acids is 1. The number of carboxylic acid groups (broad SMARTS) is 1. The fraction of sp³-hybridized carbons (Fsp3) is 0.250. The third-order valence-corrected chi connectivity index (χ3v) is 4.79. The molecule has 0 saturated heterocycles. The van der Waals surface area contributed by atoms with Crippen LogP contribution in [0.1, 0.15) is 29.1 Å².